The molecule has 0 amide bonds. The van der Waals surface area contributed by atoms with Gasteiger partial charge in [-0.3, -0.25) is 4.79 Å². The second-order valence-corrected chi connectivity index (χ2v) is 7.75. The number of benzene rings is 2. The van der Waals surface area contributed by atoms with Gasteiger partial charge in [0.05, 0.1) is 18.0 Å². The first-order chi connectivity index (χ1) is 14.1. The van der Waals surface area contributed by atoms with E-state index in [1.54, 1.807) is 6.92 Å². The molecule has 1 unspecified atom stereocenters. The molecule has 29 heavy (non-hydrogen) atoms. The molecule has 0 saturated carbocycles. The molecule has 0 fully saturated rings. The smallest absolute Gasteiger partial charge is 0.319 e. The van der Waals surface area contributed by atoms with E-state index in [0.717, 1.165) is 25.9 Å². The Morgan fingerprint density at radius 1 is 0.966 bits per heavy atom. The van der Waals surface area contributed by atoms with E-state index in [-0.39, 0.29) is 5.97 Å². The Kier molecular flexibility index (Phi) is 8.22. The number of rotatable bonds is 8. The largest absolute Gasteiger partial charge is 0.465 e. The van der Waals surface area contributed by atoms with Gasteiger partial charge in [-0.1, -0.05) is 69.4 Å². The van der Waals surface area contributed by atoms with Gasteiger partial charge in [0, 0.05) is 8.86 Å². The van der Waals surface area contributed by atoms with Crippen LogP contribution in [0.15, 0.2) is 60.7 Å². The van der Waals surface area contributed by atoms with Crippen molar-refractivity contribution in [1.82, 2.24) is 10.2 Å². The fourth-order valence-corrected chi connectivity index (χ4v) is 3.72. The van der Waals surface area contributed by atoms with Crippen LogP contribution in [0.4, 0.5) is 0 Å². The number of hydrogen-bond acceptors (Lipinski definition) is 5. The van der Waals surface area contributed by atoms with Crippen molar-refractivity contribution in [2.24, 2.45) is 0 Å². The predicted octanol–water partition coefficient (Wildman–Crippen LogP) is 5.83. The highest BCUT2D eigenvalue weighted by Gasteiger charge is 2.26. The molecule has 1 heterocycles. The van der Waals surface area contributed by atoms with Gasteiger partial charge in [-0.05, 0) is 54.4 Å². The third-order valence-electron chi connectivity index (χ3n) is 4.18. The monoisotopic (exact) mass is 614 g/mol. The molecule has 0 saturated heterocycles. The lowest BCUT2D eigenvalue weighted by Gasteiger charge is -2.16. The minimum absolute atomic E-state index is 0.299. The maximum Gasteiger partial charge on any atom is 0.319 e. The lowest BCUT2D eigenvalue weighted by atomic mass is 9.95. The predicted molar refractivity (Wildman–Crippen MR) is 129 cm³/mol. The molecule has 1 aromatic heterocycles. The molecular weight excluding hydrogens is 594 g/mol. The van der Waals surface area contributed by atoms with Crippen molar-refractivity contribution in [3.63, 3.8) is 0 Å². The summed E-state index contributed by atoms with van der Waals surface area (Å²) in [7, 11) is 0. The summed E-state index contributed by atoms with van der Waals surface area (Å²) in [6, 6.07) is 19.1. The third-order valence-corrected chi connectivity index (χ3v) is 5.84. The van der Waals surface area contributed by atoms with Crippen molar-refractivity contribution in [2.45, 2.75) is 21.7 Å². The summed E-state index contributed by atoms with van der Waals surface area (Å²) in [6.45, 7) is 2.09. The SMILES string of the molecule is CCOC(=O)C(c1cccc(Oc2cccc(CI)c2)c1)c1ccc(CI)nn1. The van der Waals surface area contributed by atoms with E-state index in [9.17, 15) is 4.79 Å². The number of alkyl halides is 2. The van der Waals surface area contributed by atoms with E-state index < -0.39 is 5.92 Å². The van der Waals surface area contributed by atoms with E-state index in [4.69, 9.17) is 9.47 Å². The summed E-state index contributed by atoms with van der Waals surface area (Å²) in [5.41, 5.74) is 3.36. The number of halogens is 2. The molecule has 0 bridgehead atoms. The summed E-state index contributed by atoms with van der Waals surface area (Å²) in [5.74, 6) is 0.400. The number of carbonyl (C=O) groups excluding carboxylic acids is 1. The fourth-order valence-electron chi connectivity index (χ4n) is 2.83. The lowest BCUT2D eigenvalue weighted by Crippen LogP contribution is -2.19. The van der Waals surface area contributed by atoms with Crippen LogP contribution >= 0.6 is 45.2 Å². The van der Waals surface area contributed by atoms with E-state index in [2.05, 4.69) is 61.4 Å². The minimum Gasteiger partial charge on any atom is -0.465 e. The van der Waals surface area contributed by atoms with Gasteiger partial charge in [-0.15, -0.1) is 0 Å². The van der Waals surface area contributed by atoms with Crippen molar-refractivity contribution >= 4 is 51.2 Å². The van der Waals surface area contributed by atoms with E-state index in [1.807, 2.05) is 54.6 Å². The van der Waals surface area contributed by atoms with Gasteiger partial charge in [0.15, 0.2) is 0 Å². The van der Waals surface area contributed by atoms with Crippen LogP contribution in [0.25, 0.3) is 0 Å². The second kappa shape index (κ2) is 10.9. The normalized spacial score (nSPS) is 11.7. The van der Waals surface area contributed by atoms with Gasteiger partial charge in [0.1, 0.15) is 17.4 Å². The zero-order valence-corrected chi connectivity index (χ0v) is 20.2. The van der Waals surface area contributed by atoms with Crippen molar-refractivity contribution in [1.29, 1.82) is 0 Å². The van der Waals surface area contributed by atoms with Gasteiger partial charge in [-0.25, -0.2) is 0 Å². The number of esters is 1. The molecule has 7 heteroatoms. The Labute approximate surface area is 197 Å². The molecule has 0 aliphatic carbocycles. The van der Waals surface area contributed by atoms with Crippen LogP contribution in [0, 0.1) is 0 Å². The van der Waals surface area contributed by atoms with Crippen LogP contribution in [0.2, 0.25) is 0 Å². The van der Waals surface area contributed by atoms with Crippen LogP contribution in [-0.2, 0) is 18.4 Å². The standard InChI is InChI=1S/C22H20I2N2O3/c1-2-28-22(27)21(20-10-9-17(14-24)25-26-20)16-6-4-8-19(12-16)29-18-7-3-5-15(11-18)13-23/h3-12,21H,2,13-14H2,1H3. The average molecular weight is 614 g/mol. The number of aromatic nitrogens is 2. The zero-order valence-electron chi connectivity index (χ0n) is 15.8. The van der Waals surface area contributed by atoms with Gasteiger partial charge < -0.3 is 9.47 Å². The highest BCUT2D eigenvalue weighted by atomic mass is 127. The van der Waals surface area contributed by atoms with Gasteiger partial charge in [0.2, 0.25) is 0 Å². The van der Waals surface area contributed by atoms with E-state index >= 15 is 0 Å². The maximum atomic E-state index is 12.7. The number of nitrogens with zero attached hydrogens (tertiary/aromatic N) is 2. The molecule has 5 nitrogen and oxygen atoms in total. The highest BCUT2D eigenvalue weighted by molar-refractivity contribution is 14.1. The van der Waals surface area contributed by atoms with Crippen LogP contribution in [0.3, 0.4) is 0 Å². The average Bonchev–Trinajstić information content (AvgIpc) is 2.75. The number of hydrogen-bond donors (Lipinski definition) is 0. The molecule has 0 aliphatic rings. The molecular formula is C22H20I2N2O3. The summed E-state index contributed by atoms with van der Waals surface area (Å²) in [4.78, 5) is 12.7. The highest BCUT2D eigenvalue weighted by Crippen LogP contribution is 2.30. The van der Waals surface area contributed by atoms with Crippen molar-refractivity contribution in [3.05, 3.63) is 83.2 Å². The Morgan fingerprint density at radius 2 is 1.72 bits per heavy atom. The molecule has 2 aromatic carbocycles. The van der Waals surface area contributed by atoms with Crippen molar-refractivity contribution in [3.8, 4) is 11.5 Å². The molecule has 3 aromatic rings. The zero-order chi connectivity index (χ0) is 20.6. The second-order valence-electron chi connectivity index (χ2n) is 6.22. The van der Waals surface area contributed by atoms with Crippen LogP contribution in [0.5, 0.6) is 11.5 Å². The summed E-state index contributed by atoms with van der Waals surface area (Å²) in [5, 5.41) is 8.47. The minimum atomic E-state index is -0.657. The molecule has 3 rings (SSSR count). The van der Waals surface area contributed by atoms with E-state index in [0.29, 0.717) is 18.1 Å². The Balaban J connectivity index is 1.92. The Morgan fingerprint density at radius 3 is 2.38 bits per heavy atom. The first kappa shape index (κ1) is 21.9. The maximum absolute atomic E-state index is 12.7. The topological polar surface area (TPSA) is 61.3 Å². The van der Waals surface area contributed by atoms with Gasteiger partial charge >= 0.3 is 5.97 Å². The number of carbonyl (C=O) groups is 1. The van der Waals surface area contributed by atoms with Crippen molar-refractivity contribution in [2.75, 3.05) is 6.61 Å². The third kappa shape index (κ3) is 5.88. The molecule has 0 aliphatic heterocycles. The van der Waals surface area contributed by atoms with Crippen molar-refractivity contribution < 1.29 is 14.3 Å². The van der Waals surface area contributed by atoms with Crippen LogP contribution in [-0.4, -0.2) is 22.8 Å². The summed E-state index contributed by atoms with van der Waals surface area (Å²) >= 11 is 4.55. The molecule has 150 valence electrons. The summed E-state index contributed by atoms with van der Waals surface area (Å²) < 4.78 is 13.0. The fraction of sp³-hybridized carbons (Fsp3) is 0.227. The molecule has 0 radical (unpaired) electrons. The Hall–Kier alpha value is -1.75. The molecule has 0 N–H and O–H groups in total. The van der Waals surface area contributed by atoms with Gasteiger partial charge in [-0.2, -0.15) is 10.2 Å². The molecule has 0 spiro atoms. The van der Waals surface area contributed by atoms with E-state index in [1.165, 1.54) is 5.56 Å². The Bertz CT molecular complexity index is 964. The van der Waals surface area contributed by atoms with Gasteiger partial charge in [0.25, 0.3) is 0 Å². The summed E-state index contributed by atoms with van der Waals surface area (Å²) in [6.07, 6.45) is 0. The number of ether oxygens (including phenoxy) is 2. The quantitative estimate of drug-likeness (QED) is 0.182. The van der Waals surface area contributed by atoms with Crippen LogP contribution < -0.4 is 4.74 Å². The first-order valence-corrected chi connectivity index (χ1v) is 12.2. The first-order valence-electron chi connectivity index (χ1n) is 9.12. The molecule has 1 atom stereocenters. The van der Waals surface area contributed by atoms with Crippen LogP contribution in [0.1, 0.15) is 35.4 Å². The lowest BCUT2D eigenvalue weighted by molar-refractivity contribution is -0.143.